The molecule has 1 aromatic carbocycles. The van der Waals surface area contributed by atoms with Crippen LogP contribution in [0.3, 0.4) is 0 Å². The zero-order valence-electron chi connectivity index (χ0n) is 12.5. The van der Waals surface area contributed by atoms with Crippen molar-refractivity contribution in [1.82, 2.24) is 10.2 Å². The lowest BCUT2D eigenvalue weighted by molar-refractivity contribution is -0.133. The number of carbonyl (C=O) groups excluding carboxylic acids is 2. The Balaban J connectivity index is 1.59. The van der Waals surface area contributed by atoms with Gasteiger partial charge in [0.2, 0.25) is 5.91 Å². The van der Waals surface area contributed by atoms with Crippen LogP contribution in [-0.4, -0.2) is 55.6 Å². The molecule has 0 aromatic heterocycles. The minimum Gasteiger partial charge on any atom is -0.378 e. The van der Waals surface area contributed by atoms with Crippen LogP contribution >= 0.6 is 0 Å². The predicted molar refractivity (Wildman–Crippen MR) is 82.8 cm³/mol. The Kier molecular flexibility index (Phi) is 4.58. The van der Waals surface area contributed by atoms with Gasteiger partial charge < -0.3 is 20.3 Å². The van der Waals surface area contributed by atoms with Crippen molar-refractivity contribution in [3.05, 3.63) is 29.8 Å². The zero-order chi connectivity index (χ0) is 15.4. The van der Waals surface area contributed by atoms with Gasteiger partial charge in [-0.3, -0.25) is 9.59 Å². The van der Waals surface area contributed by atoms with E-state index in [0.29, 0.717) is 43.6 Å². The maximum Gasteiger partial charge on any atom is 0.253 e. The molecule has 2 aliphatic rings. The second kappa shape index (κ2) is 6.79. The number of nitrogens with zero attached hydrogens (tertiary/aromatic N) is 1. The topological polar surface area (TPSA) is 70.7 Å². The Labute approximate surface area is 129 Å². The van der Waals surface area contributed by atoms with E-state index in [1.54, 1.807) is 11.0 Å². The van der Waals surface area contributed by atoms with Gasteiger partial charge in [0, 0.05) is 24.8 Å². The molecular weight excluding hydrogens is 282 g/mol. The summed E-state index contributed by atoms with van der Waals surface area (Å²) < 4.78 is 5.24. The molecular formula is C16H21N3O3. The van der Waals surface area contributed by atoms with Gasteiger partial charge in [-0.15, -0.1) is 0 Å². The summed E-state index contributed by atoms with van der Waals surface area (Å²) in [6, 6.07) is 7.61. The lowest BCUT2D eigenvalue weighted by Crippen LogP contribution is -2.43. The van der Waals surface area contributed by atoms with Gasteiger partial charge in [0.25, 0.3) is 5.91 Å². The highest BCUT2D eigenvalue weighted by atomic mass is 16.5. The molecule has 2 N–H and O–H groups in total. The molecule has 3 rings (SSSR count). The third-order valence-electron chi connectivity index (χ3n) is 3.88. The van der Waals surface area contributed by atoms with Gasteiger partial charge in [-0.2, -0.15) is 0 Å². The summed E-state index contributed by atoms with van der Waals surface area (Å²) in [5.41, 5.74) is 1.28. The molecule has 1 saturated carbocycles. The van der Waals surface area contributed by atoms with E-state index in [4.69, 9.17) is 4.74 Å². The Morgan fingerprint density at radius 2 is 1.91 bits per heavy atom. The van der Waals surface area contributed by atoms with E-state index < -0.39 is 0 Å². The molecule has 0 unspecified atom stereocenters. The summed E-state index contributed by atoms with van der Waals surface area (Å²) >= 11 is 0. The highest BCUT2D eigenvalue weighted by Crippen LogP contribution is 2.21. The SMILES string of the molecule is O=C(NC1CC1)c1ccccc1NCC(=O)N1CCOCC1. The van der Waals surface area contributed by atoms with Crippen LogP contribution in [0.25, 0.3) is 0 Å². The lowest BCUT2D eigenvalue weighted by Gasteiger charge is -2.27. The maximum atomic E-state index is 12.2. The van der Waals surface area contributed by atoms with Crippen LogP contribution in [0.5, 0.6) is 0 Å². The number of amides is 2. The Bertz CT molecular complexity index is 551. The summed E-state index contributed by atoms with van der Waals surface area (Å²) in [7, 11) is 0. The average Bonchev–Trinajstić information content (AvgIpc) is 3.37. The first-order chi connectivity index (χ1) is 10.7. The van der Waals surface area contributed by atoms with E-state index in [0.717, 1.165) is 12.8 Å². The molecule has 1 aromatic rings. The number of anilines is 1. The Hall–Kier alpha value is -2.08. The molecule has 2 amide bonds. The van der Waals surface area contributed by atoms with Gasteiger partial charge in [0.05, 0.1) is 25.3 Å². The Morgan fingerprint density at radius 1 is 1.18 bits per heavy atom. The fourth-order valence-corrected chi connectivity index (χ4v) is 2.42. The third kappa shape index (κ3) is 3.76. The molecule has 6 nitrogen and oxygen atoms in total. The quantitative estimate of drug-likeness (QED) is 0.846. The lowest BCUT2D eigenvalue weighted by atomic mass is 10.1. The number of nitrogens with one attached hydrogen (secondary N) is 2. The zero-order valence-corrected chi connectivity index (χ0v) is 12.5. The van der Waals surface area contributed by atoms with Gasteiger partial charge in [-0.25, -0.2) is 0 Å². The van der Waals surface area contributed by atoms with Crippen LogP contribution in [0.1, 0.15) is 23.2 Å². The van der Waals surface area contributed by atoms with Crippen LogP contribution in [0.2, 0.25) is 0 Å². The second-order valence-corrected chi connectivity index (χ2v) is 5.64. The van der Waals surface area contributed by atoms with Crippen molar-refractivity contribution in [2.24, 2.45) is 0 Å². The normalized spacial score (nSPS) is 17.9. The number of carbonyl (C=O) groups is 2. The molecule has 118 valence electrons. The Morgan fingerprint density at radius 3 is 2.64 bits per heavy atom. The van der Waals surface area contributed by atoms with Gasteiger partial charge in [0.1, 0.15) is 0 Å². The van der Waals surface area contributed by atoms with Crippen LogP contribution in [-0.2, 0) is 9.53 Å². The molecule has 22 heavy (non-hydrogen) atoms. The largest absolute Gasteiger partial charge is 0.378 e. The average molecular weight is 303 g/mol. The van der Waals surface area contributed by atoms with Crippen molar-refractivity contribution in [2.45, 2.75) is 18.9 Å². The van der Waals surface area contributed by atoms with E-state index in [-0.39, 0.29) is 18.4 Å². The first kappa shape index (κ1) is 14.8. The van der Waals surface area contributed by atoms with Gasteiger partial charge in [-0.05, 0) is 25.0 Å². The minimum absolute atomic E-state index is 0.0284. The first-order valence-electron chi connectivity index (χ1n) is 7.73. The first-order valence-corrected chi connectivity index (χ1v) is 7.73. The number of para-hydroxylation sites is 1. The molecule has 1 saturated heterocycles. The highest BCUT2D eigenvalue weighted by molar-refractivity contribution is 6.00. The van der Waals surface area contributed by atoms with Gasteiger partial charge in [-0.1, -0.05) is 12.1 Å². The molecule has 0 atom stereocenters. The third-order valence-corrected chi connectivity index (χ3v) is 3.88. The van der Waals surface area contributed by atoms with E-state index in [1.165, 1.54) is 0 Å². The summed E-state index contributed by atoms with van der Waals surface area (Å²) in [6.07, 6.45) is 2.10. The van der Waals surface area contributed by atoms with Crippen molar-refractivity contribution in [3.63, 3.8) is 0 Å². The number of morpholine rings is 1. The number of rotatable bonds is 5. The van der Waals surface area contributed by atoms with Crippen LogP contribution < -0.4 is 10.6 Å². The highest BCUT2D eigenvalue weighted by Gasteiger charge is 2.25. The minimum atomic E-state index is -0.0792. The van der Waals surface area contributed by atoms with Crippen LogP contribution in [0.15, 0.2) is 24.3 Å². The molecule has 1 aliphatic heterocycles. The van der Waals surface area contributed by atoms with Crippen molar-refractivity contribution in [1.29, 1.82) is 0 Å². The molecule has 0 spiro atoms. The molecule has 0 bridgehead atoms. The van der Waals surface area contributed by atoms with Crippen LogP contribution in [0.4, 0.5) is 5.69 Å². The molecule has 0 radical (unpaired) electrons. The van der Waals surface area contributed by atoms with Crippen molar-refractivity contribution in [3.8, 4) is 0 Å². The number of ether oxygens (including phenoxy) is 1. The number of hydrogen-bond donors (Lipinski definition) is 2. The summed E-state index contributed by atoms with van der Waals surface area (Å²) in [5, 5.41) is 6.06. The molecule has 1 aliphatic carbocycles. The van der Waals surface area contributed by atoms with E-state index in [2.05, 4.69) is 10.6 Å². The molecule has 1 heterocycles. The predicted octanol–water partition coefficient (Wildman–Crippen LogP) is 0.849. The van der Waals surface area contributed by atoms with Crippen LogP contribution in [0, 0.1) is 0 Å². The van der Waals surface area contributed by atoms with Crippen molar-refractivity contribution >= 4 is 17.5 Å². The van der Waals surface area contributed by atoms with E-state index in [9.17, 15) is 9.59 Å². The maximum absolute atomic E-state index is 12.2. The molecule has 6 heteroatoms. The fourth-order valence-electron chi connectivity index (χ4n) is 2.42. The van der Waals surface area contributed by atoms with E-state index in [1.807, 2.05) is 18.2 Å². The monoisotopic (exact) mass is 303 g/mol. The van der Waals surface area contributed by atoms with Crippen molar-refractivity contribution in [2.75, 3.05) is 38.2 Å². The fraction of sp³-hybridized carbons (Fsp3) is 0.500. The summed E-state index contributed by atoms with van der Waals surface area (Å²) in [6.45, 7) is 2.63. The standard InChI is InChI=1S/C16H21N3O3/c20-15(19-7-9-22-10-8-19)11-17-14-4-2-1-3-13(14)16(21)18-12-5-6-12/h1-4,12,17H,5-11H2,(H,18,21). The number of benzene rings is 1. The summed E-state index contributed by atoms with van der Waals surface area (Å²) in [5.74, 6) is -0.0508. The van der Waals surface area contributed by atoms with Crippen molar-refractivity contribution < 1.29 is 14.3 Å². The molecule has 2 fully saturated rings. The van der Waals surface area contributed by atoms with Gasteiger partial charge >= 0.3 is 0 Å². The summed E-state index contributed by atoms with van der Waals surface area (Å²) in [4.78, 5) is 26.1. The van der Waals surface area contributed by atoms with E-state index >= 15 is 0 Å². The van der Waals surface area contributed by atoms with Gasteiger partial charge in [0.15, 0.2) is 0 Å². The number of hydrogen-bond acceptors (Lipinski definition) is 4. The smallest absolute Gasteiger partial charge is 0.253 e. The second-order valence-electron chi connectivity index (χ2n) is 5.64.